The molecule has 1 aliphatic heterocycles. The summed E-state index contributed by atoms with van der Waals surface area (Å²) in [4.78, 5) is 2.51. The Kier molecular flexibility index (Phi) is 4.36. The van der Waals surface area contributed by atoms with E-state index in [9.17, 15) is 0 Å². The smallest absolute Gasteiger partial charge is 0.0645 e. The Balaban J connectivity index is 1.72. The Morgan fingerprint density at radius 2 is 2.10 bits per heavy atom. The maximum Gasteiger partial charge on any atom is 0.0645 e. The fourth-order valence-electron chi connectivity index (χ4n) is 3.31. The van der Waals surface area contributed by atoms with E-state index in [-0.39, 0.29) is 0 Å². The second-order valence-electron chi connectivity index (χ2n) is 6.02. The molecule has 1 aromatic carbocycles. The van der Waals surface area contributed by atoms with Crippen molar-refractivity contribution in [2.24, 2.45) is 11.7 Å². The van der Waals surface area contributed by atoms with Gasteiger partial charge in [0.25, 0.3) is 0 Å². The van der Waals surface area contributed by atoms with Crippen molar-refractivity contribution in [2.45, 2.75) is 32.4 Å². The van der Waals surface area contributed by atoms with Crippen LogP contribution >= 0.6 is 0 Å². The van der Waals surface area contributed by atoms with E-state index in [0.29, 0.717) is 12.0 Å². The molecule has 0 spiro atoms. The molecule has 3 rings (SSSR count). The van der Waals surface area contributed by atoms with E-state index in [1.807, 2.05) is 29.1 Å². The number of likely N-dealkylation sites (tertiary alicyclic amines) is 1. The number of benzene rings is 1. The number of piperidine rings is 1. The molecule has 4 nitrogen and oxygen atoms in total. The van der Waals surface area contributed by atoms with Gasteiger partial charge in [0.1, 0.15) is 0 Å². The predicted octanol–water partition coefficient (Wildman–Crippen LogP) is 2.43. The Labute approximate surface area is 126 Å². The lowest BCUT2D eigenvalue weighted by Crippen LogP contribution is -2.47. The van der Waals surface area contributed by atoms with Crippen molar-refractivity contribution in [1.82, 2.24) is 14.7 Å². The van der Waals surface area contributed by atoms with E-state index in [0.717, 1.165) is 25.3 Å². The molecule has 2 aromatic rings. The number of nitrogens with zero attached hydrogens (tertiary/aromatic N) is 3. The van der Waals surface area contributed by atoms with Crippen molar-refractivity contribution in [1.29, 1.82) is 0 Å². The normalized spacial score (nSPS) is 23.3. The van der Waals surface area contributed by atoms with Crippen LogP contribution in [-0.2, 0) is 6.54 Å². The molecule has 0 aliphatic carbocycles. The number of aromatic nitrogens is 2. The van der Waals surface area contributed by atoms with E-state index in [1.165, 1.54) is 18.4 Å². The second kappa shape index (κ2) is 6.41. The van der Waals surface area contributed by atoms with Crippen LogP contribution in [0.3, 0.4) is 0 Å². The first-order chi connectivity index (χ1) is 10.3. The van der Waals surface area contributed by atoms with Gasteiger partial charge in [-0.3, -0.25) is 4.90 Å². The molecule has 1 fully saturated rings. The molecule has 112 valence electrons. The summed E-state index contributed by atoms with van der Waals surface area (Å²) in [6.07, 6.45) is 6.66. The molecule has 2 atom stereocenters. The molecular formula is C17H24N4. The summed E-state index contributed by atoms with van der Waals surface area (Å²) < 4.78 is 1.94. The number of para-hydroxylation sites is 1. The summed E-state index contributed by atoms with van der Waals surface area (Å²) >= 11 is 0. The van der Waals surface area contributed by atoms with Crippen molar-refractivity contribution in [3.8, 4) is 5.69 Å². The largest absolute Gasteiger partial charge is 0.329 e. The highest BCUT2D eigenvalue weighted by Gasteiger charge is 2.27. The van der Waals surface area contributed by atoms with E-state index in [1.54, 1.807) is 0 Å². The third kappa shape index (κ3) is 3.17. The minimum atomic E-state index is 0.499. The molecule has 2 heterocycles. The van der Waals surface area contributed by atoms with Crippen LogP contribution in [0.1, 0.15) is 25.3 Å². The highest BCUT2D eigenvalue weighted by molar-refractivity contribution is 5.30. The SMILES string of the molecule is CC1CCCN(Cc2cnn(-c3ccccc3)c2)C1CN. The van der Waals surface area contributed by atoms with Gasteiger partial charge in [0, 0.05) is 30.9 Å². The summed E-state index contributed by atoms with van der Waals surface area (Å²) in [5, 5.41) is 4.48. The van der Waals surface area contributed by atoms with Gasteiger partial charge in [0.2, 0.25) is 0 Å². The molecule has 0 radical (unpaired) electrons. The minimum Gasteiger partial charge on any atom is -0.329 e. The average molecular weight is 284 g/mol. The third-order valence-corrected chi connectivity index (χ3v) is 4.51. The van der Waals surface area contributed by atoms with Gasteiger partial charge in [-0.2, -0.15) is 5.10 Å². The summed E-state index contributed by atoms with van der Waals surface area (Å²) in [5.74, 6) is 0.688. The fourth-order valence-corrected chi connectivity index (χ4v) is 3.31. The first-order valence-corrected chi connectivity index (χ1v) is 7.81. The van der Waals surface area contributed by atoms with Crippen LogP contribution in [0.15, 0.2) is 42.7 Å². The van der Waals surface area contributed by atoms with Crippen LogP contribution < -0.4 is 5.73 Å². The zero-order valence-corrected chi connectivity index (χ0v) is 12.7. The van der Waals surface area contributed by atoms with Crippen LogP contribution in [0.5, 0.6) is 0 Å². The molecule has 1 aliphatic rings. The van der Waals surface area contributed by atoms with Gasteiger partial charge in [-0.15, -0.1) is 0 Å². The molecule has 21 heavy (non-hydrogen) atoms. The van der Waals surface area contributed by atoms with Gasteiger partial charge < -0.3 is 5.73 Å². The van der Waals surface area contributed by atoms with Crippen LogP contribution in [-0.4, -0.2) is 33.8 Å². The van der Waals surface area contributed by atoms with Crippen LogP contribution in [0.2, 0.25) is 0 Å². The molecule has 1 aromatic heterocycles. The molecule has 0 bridgehead atoms. The highest BCUT2D eigenvalue weighted by atomic mass is 15.3. The number of hydrogen-bond acceptors (Lipinski definition) is 3. The molecule has 1 saturated heterocycles. The summed E-state index contributed by atoms with van der Waals surface area (Å²) in [6, 6.07) is 10.7. The van der Waals surface area contributed by atoms with Gasteiger partial charge >= 0.3 is 0 Å². The predicted molar refractivity (Wildman–Crippen MR) is 85.2 cm³/mol. The summed E-state index contributed by atoms with van der Waals surface area (Å²) in [6.45, 7) is 5.15. The van der Waals surface area contributed by atoms with Crippen LogP contribution in [0, 0.1) is 5.92 Å². The van der Waals surface area contributed by atoms with Crippen LogP contribution in [0.4, 0.5) is 0 Å². The van der Waals surface area contributed by atoms with Gasteiger partial charge in [-0.25, -0.2) is 4.68 Å². The van der Waals surface area contributed by atoms with E-state index in [4.69, 9.17) is 5.73 Å². The fraction of sp³-hybridized carbons (Fsp3) is 0.471. The molecule has 0 amide bonds. The lowest BCUT2D eigenvalue weighted by atomic mass is 9.90. The lowest BCUT2D eigenvalue weighted by Gasteiger charge is -2.39. The maximum absolute atomic E-state index is 5.97. The molecule has 2 unspecified atom stereocenters. The van der Waals surface area contributed by atoms with Crippen molar-refractivity contribution in [3.63, 3.8) is 0 Å². The molecule has 0 saturated carbocycles. The first kappa shape index (κ1) is 14.3. The molecular weight excluding hydrogens is 260 g/mol. The number of nitrogens with two attached hydrogens (primary N) is 1. The Hall–Kier alpha value is -1.65. The molecule has 2 N–H and O–H groups in total. The zero-order valence-electron chi connectivity index (χ0n) is 12.7. The topological polar surface area (TPSA) is 47.1 Å². The summed E-state index contributed by atoms with van der Waals surface area (Å²) in [5.41, 5.74) is 8.33. The van der Waals surface area contributed by atoms with Crippen molar-refractivity contribution in [3.05, 3.63) is 48.3 Å². The monoisotopic (exact) mass is 284 g/mol. The standard InChI is InChI=1S/C17H24N4/c1-14-6-5-9-20(17(14)10-18)12-15-11-19-21(13-15)16-7-3-2-4-8-16/h2-4,7-8,11,13-14,17H,5-6,9-10,12,18H2,1H3. The Morgan fingerprint density at radius 3 is 2.86 bits per heavy atom. The lowest BCUT2D eigenvalue weighted by molar-refractivity contribution is 0.0991. The maximum atomic E-state index is 5.97. The Bertz CT molecular complexity index is 563. The van der Waals surface area contributed by atoms with Crippen molar-refractivity contribution >= 4 is 0 Å². The van der Waals surface area contributed by atoms with E-state index in [2.05, 4.69) is 35.3 Å². The van der Waals surface area contributed by atoms with E-state index >= 15 is 0 Å². The Morgan fingerprint density at radius 1 is 1.29 bits per heavy atom. The van der Waals surface area contributed by atoms with Gasteiger partial charge in [-0.1, -0.05) is 25.1 Å². The van der Waals surface area contributed by atoms with Crippen molar-refractivity contribution in [2.75, 3.05) is 13.1 Å². The number of hydrogen-bond donors (Lipinski definition) is 1. The van der Waals surface area contributed by atoms with Gasteiger partial charge in [0.15, 0.2) is 0 Å². The van der Waals surface area contributed by atoms with Gasteiger partial charge in [0.05, 0.1) is 11.9 Å². The van der Waals surface area contributed by atoms with Crippen LogP contribution in [0.25, 0.3) is 5.69 Å². The second-order valence-corrected chi connectivity index (χ2v) is 6.02. The average Bonchev–Trinajstić information content (AvgIpc) is 2.97. The number of rotatable bonds is 4. The third-order valence-electron chi connectivity index (χ3n) is 4.51. The van der Waals surface area contributed by atoms with Crippen molar-refractivity contribution < 1.29 is 0 Å². The van der Waals surface area contributed by atoms with Gasteiger partial charge in [-0.05, 0) is 37.4 Å². The highest BCUT2D eigenvalue weighted by Crippen LogP contribution is 2.24. The quantitative estimate of drug-likeness (QED) is 0.938. The van der Waals surface area contributed by atoms with E-state index < -0.39 is 0 Å². The first-order valence-electron chi connectivity index (χ1n) is 7.81. The zero-order chi connectivity index (χ0) is 14.7. The molecule has 4 heteroatoms. The minimum absolute atomic E-state index is 0.499. The summed E-state index contributed by atoms with van der Waals surface area (Å²) in [7, 11) is 0.